The molecule has 0 unspecified atom stereocenters. The van der Waals surface area contributed by atoms with Crippen LogP contribution >= 0.6 is 0 Å². The van der Waals surface area contributed by atoms with E-state index in [1.54, 1.807) is 0 Å². The molecular formula is C11H16N2O7. The normalized spacial score (nSPS) is 23.9. The Morgan fingerprint density at radius 3 is 2.60 bits per heavy atom. The minimum atomic E-state index is -1.13. The number of hydrogen-bond acceptors (Lipinski definition) is 6. The van der Waals surface area contributed by atoms with Gasteiger partial charge >= 0.3 is 12.1 Å². The van der Waals surface area contributed by atoms with Crippen molar-refractivity contribution < 1.29 is 33.7 Å². The first-order valence-electron chi connectivity index (χ1n) is 6.09. The van der Waals surface area contributed by atoms with Crippen LogP contribution in [0.25, 0.3) is 0 Å². The smallest absolute Gasteiger partial charge is 0.407 e. The average Bonchev–Trinajstić information content (AvgIpc) is 3.03. The lowest BCUT2D eigenvalue weighted by molar-refractivity contribution is -0.152. The fraction of sp³-hybridized carbons (Fsp3) is 0.727. The molecule has 0 aromatic rings. The number of methoxy groups -OCH3 is 1. The van der Waals surface area contributed by atoms with Gasteiger partial charge in [0.2, 0.25) is 5.91 Å². The van der Waals surface area contributed by atoms with E-state index in [2.05, 4.69) is 10.1 Å². The van der Waals surface area contributed by atoms with Gasteiger partial charge in [-0.3, -0.25) is 4.79 Å². The molecule has 2 rings (SSSR count). The first kappa shape index (κ1) is 14.5. The Labute approximate surface area is 114 Å². The van der Waals surface area contributed by atoms with Gasteiger partial charge in [-0.15, -0.1) is 0 Å². The van der Waals surface area contributed by atoms with E-state index in [0.29, 0.717) is 13.2 Å². The van der Waals surface area contributed by atoms with E-state index >= 15 is 0 Å². The highest BCUT2D eigenvalue weighted by molar-refractivity contribution is 5.87. The molecule has 2 N–H and O–H groups in total. The predicted molar refractivity (Wildman–Crippen MR) is 62.8 cm³/mol. The molecule has 20 heavy (non-hydrogen) atoms. The van der Waals surface area contributed by atoms with Crippen LogP contribution in [-0.2, 0) is 23.8 Å². The standard InChI is InChI=1S/C11H16N2O7/c1-18-10(17)12-5-8(14)13-6-11(19-2-3-20-11)4-7(13)9(15)16/h7H,2-6H2,1H3,(H,12,17)(H,15,16)/t7-/m0/s1. The lowest BCUT2D eigenvalue weighted by Crippen LogP contribution is -2.46. The third-order valence-corrected chi connectivity index (χ3v) is 3.28. The summed E-state index contributed by atoms with van der Waals surface area (Å²) in [6, 6.07) is -1.03. The number of aliphatic carboxylic acids is 1. The van der Waals surface area contributed by atoms with Gasteiger partial charge in [-0.05, 0) is 0 Å². The molecule has 9 nitrogen and oxygen atoms in total. The maximum Gasteiger partial charge on any atom is 0.407 e. The van der Waals surface area contributed by atoms with E-state index < -0.39 is 29.8 Å². The predicted octanol–water partition coefficient (Wildman–Crippen LogP) is -1.23. The number of likely N-dealkylation sites (tertiary alicyclic amines) is 1. The Balaban J connectivity index is 2.02. The topological polar surface area (TPSA) is 114 Å². The van der Waals surface area contributed by atoms with E-state index in [1.165, 1.54) is 7.11 Å². The maximum absolute atomic E-state index is 12.0. The van der Waals surface area contributed by atoms with Gasteiger partial charge in [-0.25, -0.2) is 9.59 Å². The van der Waals surface area contributed by atoms with Crippen LogP contribution in [0.2, 0.25) is 0 Å². The first-order valence-corrected chi connectivity index (χ1v) is 6.09. The summed E-state index contributed by atoms with van der Waals surface area (Å²) in [5.74, 6) is -2.70. The molecule has 1 atom stereocenters. The van der Waals surface area contributed by atoms with Gasteiger partial charge in [0.1, 0.15) is 12.6 Å². The quantitative estimate of drug-likeness (QED) is 0.668. The van der Waals surface area contributed by atoms with E-state index in [9.17, 15) is 19.5 Å². The van der Waals surface area contributed by atoms with Crippen molar-refractivity contribution in [1.29, 1.82) is 0 Å². The van der Waals surface area contributed by atoms with Crippen LogP contribution in [0.3, 0.4) is 0 Å². The summed E-state index contributed by atoms with van der Waals surface area (Å²) < 4.78 is 15.2. The second-order valence-electron chi connectivity index (χ2n) is 4.53. The third kappa shape index (κ3) is 2.83. The number of carboxylic acid groups (broad SMARTS) is 1. The van der Waals surface area contributed by atoms with Crippen LogP contribution in [0.15, 0.2) is 0 Å². The number of carbonyl (C=O) groups is 3. The molecule has 2 fully saturated rings. The molecule has 2 aliphatic rings. The minimum Gasteiger partial charge on any atom is -0.480 e. The first-order chi connectivity index (χ1) is 9.47. The Bertz CT molecular complexity index is 419. The van der Waals surface area contributed by atoms with Gasteiger partial charge in [-0.2, -0.15) is 0 Å². The van der Waals surface area contributed by atoms with Crippen molar-refractivity contribution in [3.05, 3.63) is 0 Å². The van der Waals surface area contributed by atoms with Crippen LogP contribution in [-0.4, -0.2) is 73.2 Å². The molecule has 0 aliphatic carbocycles. The molecule has 2 saturated heterocycles. The largest absolute Gasteiger partial charge is 0.480 e. The second kappa shape index (κ2) is 5.63. The molecule has 2 aliphatic heterocycles. The molecule has 0 radical (unpaired) electrons. The summed E-state index contributed by atoms with van der Waals surface area (Å²) in [5.41, 5.74) is 0. The Hall–Kier alpha value is -1.87. The van der Waals surface area contributed by atoms with Crippen LogP contribution in [0.5, 0.6) is 0 Å². The molecule has 9 heteroatoms. The van der Waals surface area contributed by atoms with E-state index in [-0.39, 0.29) is 19.5 Å². The van der Waals surface area contributed by atoms with Gasteiger partial charge in [0, 0.05) is 6.42 Å². The number of nitrogens with one attached hydrogen (secondary N) is 1. The molecule has 2 heterocycles. The average molecular weight is 288 g/mol. The number of nitrogens with zero attached hydrogens (tertiary/aromatic N) is 1. The monoisotopic (exact) mass is 288 g/mol. The Morgan fingerprint density at radius 1 is 1.40 bits per heavy atom. The summed E-state index contributed by atoms with van der Waals surface area (Å²) in [7, 11) is 1.17. The Kier molecular flexibility index (Phi) is 4.09. The number of amides is 2. The van der Waals surface area contributed by atoms with Crippen molar-refractivity contribution in [2.24, 2.45) is 0 Å². The van der Waals surface area contributed by atoms with Gasteiger partial charge in [-0.1, -0.05) is 0 Å². The Morgan fingerprint density at radius 2 is 2.05 bits per heavy atom. The summed E-state index contributed by atoms with van der Waals surface area (Å²) in [6.07, 6.45) is -0.681. The molecule has 0 aromatic heterocycles. The van der Waals surface area contributed by atoms with Gasteiger partial charge in [0.25, 0.3) is 0 Å². The van der Waals surface area contributed by atoms with Crippen molar-refractivity contribution in [2.45, 2.75) is 18.2 Å². The van der Waals surface area contributed by atoms with Crippen LogP contribution in [0.1, 0.15) is 6.42 Å². The summed E-state index contributed by atoms with van der Waals surface area (Å²) in [4.78, 5) is 35.3. The minimum absolute atomic E-state index is 0.0334. The third-order valence-electron chi connectivity index (χ3n) is 3.28. The fourth-order valence-electron chi connectivity index (χ4n) is 2.35. The number of carboxylic acids is 1. The van der Waals surface area contributed by atoms with Crippen LogP contribution < -0.4 is 5.32 Å². The van der Waals surface area contributed by atoms with Gasteiger partial charge < -0.3 is 29.5 Å². The number of rotatable bonds is 3. The van der Waals surface area contributed by atoms with Gasteiger partial charge in [0.15, 0.2) is 5.79 Å². The number of alkyl carbamates (subject to hydrolysis) is 1. The lowest BCUT2D eigenvalue weighted by atomic mass is 10.1. The van der Waals surface area contributed by atoms with Crippen molar-refractivity contribution in [2.75, 3.05) is 33.4 Å². The van der Waals surface area contributed by atoms with Gasteiger partial charge in [0.05, 0.1) is 26.9 Å². The zero-order valence-electron chi connectivity index (χ0n) is 11.0. The molecule has 1 spiro atoms. The second-order valence-corrected chi connectivity index (χ2v) is 4.53. The molecule has 112 valence electrons. The zero-order valence-corrected chi connectivity index (χ0v) is 11.0. The van der Waals surface area contributed by atoms with Crippen molar-refractivity contribution in [3.8, 4) is 0 Å². The van der Waals surface area contributed by atoms with E-state index in [0.717, 1.165) is 4.90 Å². The van der Waals surface area contributed by atoms with Crippen molar-refractivity contribution >= 4 is 18.0 Å². The summed E-state index contributed by atoms with van der Waals surface area (Å²) in [6.45, 7) is 0.432. The molecule has 0 saturated carbocycles. The molecule has 2 amide bonds. The molecule has 0 bridgehead atoms. The maximum atomic E-state index is 12.0. The van der Waals surface area contributed by atoms with Crippen molar-refractivity contribution in [1.82, 2.24) is 10.2 Å². The summed E-state index contributed by atoms with van der Waals surface area (Å²) >= 11 is 0. The van der Waals surface area contributed by atoms with Crippen LogP contribution in [0.4, 0.5) is 4.79 Å². The highest BCUT2D eigenvalue weighted by Gasteiger charge is 2.52. The highest BCUT2D eigenvalue weighted by atomic mass is 16.7. The number of ether oxygens (including phenoxy) is 3. The van der Waals surface area contributed by atoms with Crippen molar-refractivity contribution in [3.63, 3.8) is 0 Å². The molecular weight excluding hydrogens is 272 g/mol. The highest BCUT2D eigenvalue weighted by Crippen LogP contribution is 2.34. The fourth-order valence-corrected chi connectivity index (χ4v) is 2.35. The summed E-state index contributed by atoms with van der Waals surface area (Å²) in [5, 5.41) is 11.4. The SMILES string of the molecule is COC(=O)NCC(=O)N1CC2(C[C@H]1C(=O)O)OCCO2. The van der Waals surface area contributed by atoms with E-state index in [4.69, 9.17) is 9.47 Å². The zero-order chi connectivity index (χ0) is 14.8. The van der Waals surface area contributed by atoms with E-state index in [1.807, 2.05) is 0 Å². The molecule has 0 aromatic carbocycles. The van der Waals surface area contributed by atoms with Crippen LogP contribution in [0, 0.1) is 0 Å². The lowest BCUT2D eigenvalue weighted by Gasteiger charge is -2.23. The number of carbonyl (C=O) groups excluding carboxylic acids is 2. The number of hydrogen-bond donors (Lipinski definition) is 2.